The van der Waals surface area contributed by atoms with Gasteiger partial charge in [-0.2, -0.15) is 5.10 Å². The Morgan fingerprint density at radius 2 is 2.00 bits per heavy atom. The summed E-state index contributed by atoms with van der Waals surface area (Å²) in [6.07, 6.45) is 1.86. The summed E-state index contributed by atoms with van der Waals surface area (Å²) in [5.74, 6) is -0.273. The third-order valence-corrected chi connectivity index (χ3v) is 4.72. The molecule has 4 rings (SSSR count). The van der Waals surface area contributed by atoms with Crippen molar-refractivity contribution in [3.8, 4) is 11.1 Å². The van der Waals surface area contributed by atoms with Gasteiger partial charge in [0, 0.05) is 19.0 Å². The summed E-state index contributed by atoms with van der Waals surface area (Å²) >= 11 is 0. The maximum atomic E-state index is 13.5. The average Bonchev–Trinajstić information content (AvgIpc) is 2.96. The predicted molar refractivity (Wildman–Crippen MR) is 98.3 cm³/mol. The van der Waals surface area contributed by atoms with Gasteiger partial charge in [0.2, 0.25) is 0 Å². The van der Waals surface area contributed by atoms with E-state index >= 15 is 0 Å². The number of halogens is 1. The number of fused-ring (bicyclic) bond motifs is 1. The number of benzene rings is 2. The Hall–Kier alpha value is -3.15. The number of hydrogen-bond donors (Lipinski definition) is 1. The number of carboxylic acid groups (broad SMARTS) is 1. The zero-order chi connectivity index (χ0) is 18.3. The fourth-order valence-corrected chi connectivity index (χ4v) is 3.51. The lowest BCUT2D eigenvalue weighted by Gasteiger charge is -2.24. The van der Waals surface area contributed by atoms with Gasteiger partial charge < -0.3 is 10.0 Å². The molecule has 26 heavy (non-hydrogen) atoms. The summed E-state index contributed by atoms with van der Waals surface area (Å²) < 4.78 is 15.3. The number of rotatable bonds is 2. The molecule has 132 valence electrons. The third kappa shape index (κ3) is 2.83. The quantitative estimate of drug-likeness (QED) is 0.755. The van der Waals surface area contributed by atoms with Crippen molar-refractivity contribution < 1.29 is 14.3 Å². The lowest BCUT2D eigenvalue weighted by molar-refractivity contribution is 0.150. The summed E-state index contributed by atoms with van der Waals surface area (Å²) in [6, 6.07) is 12.3. The molecule has 6 heteroatoms. The molecular weight excluding hydrogens is 333 g/mol. The molecule has 0 aliphatic carbocycles. The highest BCUT2D eigenvalue weighted by atomic mass is 19.1. The number of carbonyl (C=O) groups is 1. The second kappa shape index (κ2) is 6.29. The topological polar surface area (TPSA) is 58.4 Å². The van der Waals surface area contributed by atoms with Gasteiger partial charge in [-0.05, 0) is 47.4 Å². The van der Waals surface area contributed by atoms with Gasteiger partial charge in [0.25, 0.3) is 0 Å². The molecule has 0 saturated heterocycles. The summed E-state index contributed by atoms with van der Waals surface area (Å²) in [7, 11) is 1.86. The van der Waals surface area contributed by atoms with E-state index in [0.717, 1.165) is 33.3 Å². The van der Waals surface area contributed by atoms with Crippen LogP contribution in [0.15, 0.2) is 48.5 Å². The van der Waals surface area contributed by atoms with Gasteiger partial charge in [-0.3, -0.25) is 4.68 Å². The van der Waals surface area contributed by atoms with Crippen molar-refractivity contribution in [2.75, 3.05) is 13.1 Å². The smallest absolute Gasteiger partial charge is 0.407 e. The maximum Gasteiger partial charge on any atom is 0.407 e. The predicted octanol–water partition coefficient (Wildman–Crippen LogP) is 4.15. The maximum absolute atomic E-state index is 13.5. The molecule has 1 aromatic heterocycles. The van der Waals surface area contributed by atoms with Crippen molar-refractivity contribution in [3.63, 3.8) is 0 Å². The molecule has 0 saturated carbocycles. The Balaban J connectivity index is 1.77. The monoisotopic (exact) mass is 351 g/mol. The minimum atomic E-state index is -0.907. The van der Waals surface area contributed by atoms with E-state index in [4.69, 9.17) is 0 Å². The Bertz CT molecular complexity index is 1040. The van der Waals surface area contributed by atoms with E-state index in [0.29, 0.717) is 19.5 Å². The second-order valence-corrected chi connectivity index (χ2v) is 6.44. The summed E-state index contributed by atoms with van der Waals surface area (Å²) in [6.45, 7) is 0.869. The minimum absolute atomic E-state index is 0.273. The lowest BCUT2D eigenvalue weighted by Crippen LogP contribution is -2.34. The van der Waals surface area contributed by atoms with Crippen molar-refractivity contribution in [2.24, 2.45) is 7.05 Å². The van der Waals surface area contributed by atoms with E-state index in [1.165, 1.54) is 17.0 Å². The summed E-state index contributed by atoms with van der Waals surface area (Å²) in [5, 5.41) is 14.8. The van der Waals surface area contributed by atoms with Gasteiger partial charge in [-0.1, -0.05) is 24.3 Å². The van der Waals surface area contributed by atoms with Crippen molar-refractivity contribution in [3.05, 3.63) is 60.1 Å². The van der Waals surface area contributed by atoms with E-state index in [9.17, 15) is 14.3 Å². The van der Waals surface area contributed by atoms with Gasteiger partial charge >= 0.3 is 6.09 Å². The lowest BCUT2D eigenvalue weighted by atomic mass is 10.00. The van der Waals surface area contributed by atoms with Crippen LogP contribution in [0.4, 0.5) is 9.18 Å². The van der Waals surface area contributed by atoms with Crippen LogP contribution in [0.5, 0.6) is 0 Å². The number of nitrogens with zero attached hydrogens (tertiary/aromatic N) is 3. The van der Waals surface area contributed by atoms with Crippen LogP contribution in [0, 0.1) is 5.82 Å². The average molecular weight is 351 g/mol. The van der Waals surface area contributed by atoms with Crippen LogP contribution in [-0.4, -0.2) is 39.0 Å². The van der Waals surface area contributed by atoms with Gasteiger partial charge in [-0.25, -0.2) is 9.18 Å². The molecule has 2 aromatic carbocycles. The molecule has 0 spiro atoms. The van der Waals surface area contributed by atoms with Gasteiger partial charge in [-0.15, -0.1) is 0 Å². The van der Waals surface area contributed by atoms with Crippen LogP contribution in [0.25, 0.3) is 27.6 Å². The second-order valence-electron chi connectivity index (χ2n) is 6.44. The van der Waals surface area contributed by atoms with Crippen LogP contribution < -0.4 is 0 Å². The van der Waals surface area contributed by atoms with Gasteiger partial charge in [0.1, 0.15) is 5.82 Å². The van der Waals surface area contributed by atoms with E-state index in [1.807, 2.05) is 31.3 Å². The van der Waals surface area contributed by atoms with E-state index in [1.54, 1.807) is 10.7 Å². The van der Waals surface area contributed by atoms with Crippen molar-refractivity contribution >= 4 is 22.6 Å². The Labute approximate surface area is 150 Å². The normalized spacial score (nSPS) is 14.5. The van der Waals surface area contributed by atoms with Crippen LogP contribution in [0.3, 0.4) is 0 Å². The SMILES string of the molecule is Cn1nc2cc(-c3cccc(F)c3)ccc2c1C1=CCCN(C(=O)O)C1. The first-order valence-corrected chi connectivity index (χ1v) is 8.43. The molecule has 0 fully saturated rings. The van der Waals surface area contributed by atoms with E-state index in [-0.39, 0.29) is 5.82 Å². The van der Waals surface area contributed by atoms with Crippen molar-refractivity contribution in [1.29, 1.82) is 0 Å². The minimum Gasteiger partial charge on any atom is -0.465 e. The van der Waals surface area contributed by atoms with Gasteiger partial charge in [0.05, 0.1) is 17.8 Å². The zero-order valence-electron chi connectivity index (χ0n) is 14.3. The molecule has 0 unspecified atom stereocenters. The highest BCUT2D eigenvalue weighted by Crippen LogP contribution is 2.31. The Kier molecular flexibility index (Phi) is 3.95. The molecule has 3 aromatic rings. The number of aryl methyl sites for hydroxylation is 1. The summed E-state index contributed by atoms with van der Waals surface area (Å²) in [4.78, 5) is 12.7. The molecule has 0 bridgehead atoms. The first kappa shape index (κ1) is 16.3. The molecule has 1 aliphatic rings. The molecular formula is C20H18FN3O2. The molecule has 1 amide bonds. The van der Waals surface area contributed by atoms with Crippen LogP contribution in [0.2, 0.25) is 0 Å². The largest absolute Gasteiger partial charge is 0.465 e. The van der Waals surface area contributed by atoms with E-state index in [2.05, 4.69) is 11.2 Å². The fraction of sp³-hybridized carbons (Fsp3) is 0.200. The van der Waals surface area contributed by atoms with E-state index < -0.39 is 6.09 Å². The highest BCUT2D eigenvalue weighted by Gasteiger charge is 2.22. The molecule has 0 atom stereocenters. The molecule has 1 aliphatic heterocycles. The molecule has 5 nitrogen and oxygen atoms in total. The zero-order valence-corrected chi connectivity index (χ0v) is 14.3. The molecule has 2 heterocycles. The van der Waals surface area contributed by atoms with Gasteiger partial charge in [0.15, 0.2) is 0 Å². The first-order chi connectivity index (χ1) is 12.5. The number of aromatic nitrogens is 2. The van der Waals surface area contributed by atoms with Crippen LogP contribution >= 0.6 is 0 Å². The standard InChI is InChI=1S/C20H18FN3O2/c1-23-19(15-5-3-9-24(12-15)20(25)26)17-8-7-14(11-18(17)22-23)13-4-2-6-16(21)10-13/h2,4-8,10-11H,3,9,12H2,1H3,(H,25,26). The van der Waals surface area contributed by atoms with Crippen LogP contribution in [0.1, 0.15) is 12.1 Å². The Morgan fingerprint density at radius 3 is 2.77 bits per heavy atom. The first-order valence-electron chi connectivity index (χ1n) is 8.43. The number of amides is 1. The third-order valence-electron chi connectivity index (χ3n) is 4.72. The Morgan fingerprint density at radius 1 is 1.19 bits per heavy atom. The molecule has 1 N–H and O–H groups in total. The summed E-state index contributed by atoms with van der Waals surface area (Å²) in [5.41, 5.74) is 4.39. The molecule has 0 radical (unpaired) electrons. The number of hydrogen-bond acceptors (Lipinski definition) is 2. The fourth-order valence-electron chi connectivity index (χ4n) is 3.51. The van der Waals surface area contributed by atoms with Crippen LogP contribution in [-0.2, 0) is 7.05 Å². The highest BCUT2D eigenvalue weighted by molar-refractivity contribution is 5.94. The van der Waals surface area contributed by atoms with Crippen molar-refractivity contribution in [2.45, 2.75) is 6.42 Å². The van der Waals surface area contributed by atoms with Crippen molar-refractivity contribution in [1.82, 2.24) is 14.7 Å².